The van der Waals surface area contributed by atoms with Gasteiger partial charge in [-0.25, -0.2) is 4.39 Å². The van der Waals surface area contributed by atoms with Crippen LogP contribution in [0.25, 0.3) is 0 Å². The van der Waals surface area contributed by atoms with Crippen molar-refractivity contribution in [3.05, 3.63) is 29.1 Å². The van der Waals surface area contributed by atoms with Gasteiger partial charge in [0.05, 0.1) is 12.5 Å². The molecule has 26 heavy (non-hydrogen) atoms. The van der Waals surface area contributed by atoms with Crippen LogP contribution in [0.2, 0.25) is 0 Å². The molecule has 2 fully saturated rings. The fraction of sp³-hybridized carbons (Fsp3) is 0.579. The molecule has 1 amide bonds. The van der Waals surface area contributed by atoms with Crippen molar-refractivity contribution in [3.63, 3.8) is 0 Å². The molecule has 0 bridgehead atoms. The second-order valence-electron chi connectivity index (χ2n) is 7.15. The van der Waals surface area contributed by atoms with Crippen molar-refractivity contribution >= 4 is 11.9 Å². The molecule has 0 unspecified atom stereocenters. The third-order valence-corrected chi connectivity index (χ3v) is 5.19. The molecule has 0 radical (unpaired) electrons. The highest BCUT2D eigenvalue weighted by Crippen LogP contribution is 2.33. The van der Waals surface area contributed by atoms with Gasteiger partial charge in [0.15, 0.2) is 6.79 Å². The first-order chi connectivity index (χ1) is 12.6. The maximum Gasteiger partial charge on any atom is 0.309 e. The van der Waals surface area contributed by atoms with Gasteiger partial charge in [-0.15, -0.1) is 0 Å². The van der Waals surface area contributed by atoms with Crippen LogP contribution in [0.3, 0.4) is 0 Å². The van der Waals surface area contributed by atoms with Crippen molar-refractivity contribution < 1.29 is 28.2 Å². The van der Waals surface area contributed by atoms with Crippen LogP contribution >= 0.6 is 0 Å². The molecule has 140 valence electrons. The summed E-state index contributed by atoms with van der Waals surface area (Å²) in [6.45, 7) is 1.56. The number of piperidine rings is 1. The molecule has 2 aliphatic heterocycles. The number of carbonyl (C=O) groups is 2. The highest BCUT2D eigenvalue weighted by molar-refractivity contribution is 5.81. The van der Waals surface area contributed by atoms with Crippen LogP contribution in [0.1, 0.15) is 36.8 Å². The molecular weight excluding hydrogens is 341 g/mol. The first kappa shape index (κ1) is 17.3. The standard InChI is InChI=1S/C19H22FNO5/c20-16-7-14-9-24-11-26-17(14)15(8-16)10-25-19(23)13-3-5-21(6-4-13)18(22)12-1-2-12/h7-8,12-13H,1-6,9-11H2. The third-order valence-electron chi connectivity index (χ3n) is 5.19. The van der Waals surface area contributed by atoms with Crippen molar-refractivity contribution in [1.82, 2.24) is 4.90 Å². The smallest absolute Gasteiger partial charge is 0.309 e. The summed E-state index contributed by atoms with van der Waals surface area (Å²) in [6.07, 6.45) is 3.21. The Morgan fingerprint density at radius 2 is 1.92 bits per heavy atom. The zero-order valence-corrected chi connectivity index (χ0v) is 14.5. The molecule has 1 aromatic carbocycles. The molecule has 0 N–H and O–H groups in total. The van der Waals surface area contributed by atoms with Crippen molar-refractivity contribution in [2.24, 2.45) is 11.8 Å². The molecule has 1 saturated heterocycles. The third kappa shape index (κ3) is 3.67. The minimum atomic E-state index is -0.407. The monoisotopic (exact) mass is 363 g/mol. The van der Waals surface area contributed by atoms with Crippen LogP contribution in [0.15, 0.2) is 12.1 Å². The number of hydrogen-bond donors (Lipinski definition) is 0. The predicted octanol–water partition coefficient (Wildman–Crippen LogP) is 2.38. The number of halogens is 1. The molecule has 1 aromatic rings. The summed E-state index contributed by atoms with van der Waals surface area (Å²) < 4.78 is 29.7. The van der Waals surface area contributed by atoms with Crippen LogP contribution in [0.4, 0.5) is 4.39 Å². The van der Waals surface area contributed by atoms with Crippen molar-refractivity contribution in [2.75, 3.05) is 19.9 Å². The maximum absolute atomic E-state index is 13.7. The van der Waals surface area contributed by atoms with E-state index in [2.05, 4.69) is 0 Å². The fourth-order valence-corrected chi connectivity index (χ4v) is 3.55. The highest BCUT2D eigenvalue weighted by atomic mass is 19.1. The van der Waals surface area contributed by atoms with Gasteiger partial charge in [0.2, 0.25) is 5.91 Å². The number of nitrogens with zero attached hydrogens (tertiary/aromatic N) is 1. The Morgan fingerprint density at radius 3 is 2.65 bits per heavy atom. The van der Waals surface area contributed by atoms with Gasteiger partial charge in [-0.2, -0.15) is 0 Å². The molecule has 6 nitrogen and oxygen atoms in total. The Morgan fingerprint density at radius 1 is 1.15 bits per heavy atom. The zero-order chi connectivity index (χ0) is 18.1. The summed E-state index contributed by atoms with van der Waals surface area (Å²) in [7, 11) is 0. The average molecular weight is 363 g/mol. The van der Waals surface area contributed by atoms with E-state index in [1.54, 1.807) is 0 Å². The Hall–Kier alpha value is -2.15. The molecule has 0 aromatic heterocycles. The molecule has 4 rings (SSSR count). The molecule has 0 spiro atoms. The lowest BCUT2D eigenvalue weighted by molar-refractivity contribution is -0.153. The number of esters is 1. The largest absolute Gasteiger partial charge is 0.467 e. The fourth-order valence-electron chi connectivity index (χ4n) is 3.55. The number of rotatable bonds is 4. The molecule has 3 aliphatic rings. The molecule has 1 saturated carbocycles. The molecule has 2 heterocycles. The minimum absolute atomic E-state index is 0.0276. The number of benzene rings is 1. The Kier molecular flexibility index (Phi) is 4.80. The summed E-state index contributed by atoms with van der Waals surface area (Å²) in [5, 5.41) is 0. The van der Waals surface area contributed by atoms with E-state index < -0.39 is 5.82 Å². The summed E-state index contributed by atoms with van der Waals surface area (Å²) in [6, 6.07) is 2.70. The van der Waals surface area contributed by atoms with E-state index in [9.17, 15) is 14.0 Å². The SMILES string of the molecule is O=C(OCc1cc(F)cc2c1OCOC2)C1CCN(C(=O)C2CC2)CC1. The van der Waals surface area contributed by atoms with E-state index in [1.807, 2.05) is 4.90 Å². The maximum atomic E-state index is 13.7. The predicted molar refractivity (Wildman–Crippen MR) is 88.5 cm³/mol. The van der Waals surface area contributed by atoms with Crippen LogP contribution in [-0.4, -0.2) is 36.7 Å². The van der Waals surface area contributed by atoms with E-state index in [1.165, 1.54) is 12.1 Å². The normalized spacial score (nSPS) is 20.3. The number of likely N-dealkylation sites (tertiary alicyclic amines) is 1. The number of ether oxygens (including phenoxy) is 3. The molecule has 1 aliphatic carbocycles. The number of fused-ring (bicyclic) bond motifs is 1. The molecule has 0 atom stereocenters. The van der Waals surface area contributed by atoms with E-state index >= 15 is 0 Å². The van der Waals surface area contributed by atoms with E-state index in [-0.39, 0.29) is 43.7 Å². The highest BCUT2D eigenvalue weighted by Gasteiger charge is 2.36. The number of carbonyl (C=O) groups excluding carboxylic acids is 2. The summed E-state index contributed by atoms with van der Waals surface area (Å²) >= 11 is 0. The zero-order valence-electron chi connectivity index (χ0n) is 14.5. The van der Waals surface area contributed by atoms with Gasteiger partial charge in [0.25, 0.3) is 0 Å². The van der Waals surface area contributed by atoms with Gasteiger partial charge in [-0.1, -0.05) is 0 Å². The quantitative estimate of drug-likeness (QED) is 0.769. The summed E-state index contributed by atoms with van der Waals surface area (Å²) in [4.78, 5) is 26.3. The van der Waals surface area contributed by atoms with Gasteiger partial charge in [0, 0.05) is 30.1 Å². The van der Waals surface area contributed by atoms with Gasteiger partial charge in [0.1, 0.15) is 18.2 Å². The molecule has 7 heteroatoms. The van der Waals surface area contributed by atoms with Crippen molar-refractivity contribution in [3.8, 4) is 5.75 Å². The summed E-state index contributed by atoms with van der Waals surface area (Å²) in [5.74, 6) is 0.0517. The number of hydrogen-bond acceptors (Lipinski definition) is 5. The second-order valence-corrected chi connectivity index (χ2v) is 7.15. The van der Waals surface area contributed by atoms with Crippen LogP contribution in [0, 0.1) is 17.7 Å². The topological polar surface area (TPSA) is 65.1 Å². The van der Waals surface area contributed by atoms with Gasteiger partial charge < -0.3 is 19.1 Å². The van der Waals surface area contributed by atoms with Crippen molar-refractivity contribution in [2.45, 2.75) is 38.9 Å². The Balaban J connectivity index is 1.32. The Labute approximate surface area is 151 Å². The summed E-state index contributed by atoms with van der Waals surface area (Å²) in [5.41, 5.74) is 1.13. The number of amides is 1. The van der Waals surface area contributed by atoms with Crippen molar-refractivity contribution in [1.29, 1.82) is 0 Å². The first-order valence-corrected chi connectivity index (χ1v) is 9.09. The van der Waals surface area contributed by atoms with Gasteiger partial charge >= 0.3 is 5.97 Å². The lowest BCUT2D eigenvalue weighted by Crippen LogP contribution is -2.41. The van der Waals surface area contributed by atoms with Crippen LogP contribution < -0.4 is 4.74 Å². The van der Waals surface area contributed by atoms with E-state index in [0.717, 1.165) is 12.8 Å². The van der Waals surface area contributed by atoms with Crippen LogP contribution in [-0.2, 0) is 32.3 Å². The lowest BCUT2D eigenvalue weighted by atomic mass is 9.96. The van der Waals surface area contributed by atoms with Gasteiger partial charge in [-0.05, 0) is 37.8 Å². The van der Waals surface area contributed by atoms with E-state index in [4.69, 9.17) is 14.2 Å². The van der Waals surface area contributed by atoms with Crippen LogP contribution in [0.5, 0.6) is 5.75 Å². The second kappa shape index (κ2) is 7.23. The van der Waals surface area contributed by atoms with E-state index in [0.29, 0.717) is 42.8 Å². The average Bonchev–Trinajstić information content (AvgIpc) is 3.50. The minimum Gasteiger partial charge on any atom is -0.467 e. The Bertz CT molecular complexity index is 710. The first-order valence-electron chi connectivity index (χ1n) is 9.09. The molecular formula is C19H22FNO5. The van der Waals surface area contributed by atoms with Gasteiger partial charge in [-0.3, -0.25) is 9.59 Å². The lowest BCUT2D eigenvalue weighted by Gasteiger charge is -2.31.